The van der Waals surface area contributed by atoms with Crippen LogP contribution in [0.25, 0.3) is 10.9 Å². The number of aliphatic hydroxyl groups excluding tert-OH is 4. The Labute approximate surface area is 130 Å². The summed E-state index contributed by atoms with van der Waals surface area (Å²) in [5.41, 5.74) is 0.825. The van der Waals surface area contributed by atoms with E-state index in [4.69, 9.17) is 26.2 Å². The number of fused-ring (bicyclic) bond motifs is 1. The largest absolute Gasteiger partial charge is 0.462 e. The van der Waals surface area contributed by atoms with Crippen LogP contribution in [-0.2, 0) is 4.74 Å². The van der Waals surface area contributed by atoms with Gasteiger partial charge >= 0.3 is 0 Å². The molecule has 0 saturated carbocycles. The molecule has 8 heteroatoms. The topological polar surface area (TPSA) is 115 Å². The van der Waals surface area contributed by atoms with Crippen molar-refractivity contribution in [3.05, 3.63) is 29.4 Å². The highest BCUT2D eigenvalue weighted by Gasteiger charge is 2.44. The van der Waals surface area contributed by atoms with Gasteiger partial charge in [0.25, 0.3) is 0 Å². The normalized spacial score (nSPS) is 32.3. The maximum absolute atomic E-state index is 9.93. The van der Waals surface area contributed by atoms with Gasteiger partial charge in [-0.3, -0.25) is 0 Å². The molecule has 1 aliphatic heterocycles. The van der Waals surface area contributed by atoms with Crippen molar-refractivity contribution in [1.82, 2.24) is 4.98 Å². The molecule has 22 heavy (non-hydrogen) atoms. The van der Waals surface area contributed by atoms with Crippen LogP contribution in [0.4, 0.5) is 0 Å². The molecule has 0 spiro atoms. The minimum Gasteiger partial charge on any atom is -0.462 e. The predicted molar refractivity (Wildman–Crippen MR) is 77.7 cm³/mol. The van der Waals surface area contributed by atoms with Gasteiger partial charge in [0.2, 0.25) is 6.29 Å². The van der Waals surface area contributed by atoms with E-state index in [9.17, 15) is 15.3 Å². The van der Waals surface area contributed by atoms with E-state index in [1.165, 1.54) is 0 Å². The first-order valence-electron chi connectivity index (χ1n) is 6.75. The number of ether oxygens (including phenoxy) is 2. The molecule has 0 radical (unpaired) electrons. The molecule has 0 bridgehead atoms. The number of hydrogen-bond acceptors (Lipinski definition) is 6. The van der Waals surface area contributed by atoms with Crippen LogP contribution in [0.1, 0.15) is 0 Å². The second-order valence-electron chi connectivity index (χ2n) is 5.18. The number of hydrogen-bond donors (Lipinski definition) is 5. The fourth-order valence-electron chi connectivity index (χ4n) is 2.45. The smallest absolute Gasteiger partial charge is 0.229 e. The van der Waals surface area contributed by atoms with Crippen molar-refractivity contribution < 1.29 is 29.9 Å². The summed E-state index contributed by atoms with van der Waals surface area (Å²) in [6.45, 7) is -0.503. The Morgan fingerprint density at radius 2 is 1.91 bits per heavy atom. The number of rotatable bonds is 3. The van der Waals surface area contributed by atoms with Gasteiger partial charge in [0.05, 0.1) is 6.61 Å². The van der Waals surface area contributed by atoms with Gasteiger partial charge in [0.1, 0.15) is 35.3 Å². The molecule has 1 aromatic carbocycles. The number of benzene rings is 1. The van der Waals surface area contributed by atoms with Crippen molar-refractivity contribution >= 4 is 22.5 Å². The van der Waals surface area contributed by atoms with Gasteiger partial charge in [-0.1, -0.05) is 11.6 Å². The first-order chi connectivity index (χ1) is 10.5. The maximum Gasteiger partial charge on any atom is 0.229 e. The van der Waals surface area contributed by atoms with Crippen LogP contribution in [0.2, 0.25) is 5.15 Å². The number of aromatic amines is 1. The third-order valence-electron chi connectivity index (χ3n) is 3.66. The van der Waals surface area contributed by atoms with E-state index in [-0.39, 0.29) is 0 Å². The van der Waals surface area contributed by atoms with Crippen LogP contribution in [0.15, 0.2) is 24.3 Å². The molecule has 120 valence electrons. The monoisotopic (exact) mass is 329 g/mol. The van der Waals surface area contributed by atoms with Crippen molar-refractivity contribution in [3.8, 4) is 5.75 Å². The summed E-state index contributed by atoms with van der Waals surface area (Å²) in [6.07, 6.45) is -6.54. The summed E-state index contributed by atoms with van der Waals surface area (Å²) in [5.74, 6) is 0.396. The SMILES string of the molecule is OC[C@H]1O[C@@H](Oc2ccc3[nH]c(Cl)cc3c2)[C@H](O)[C@@H](O)[C@H]1O. The predicted octanol–water partition coefficient (Wildman–Crippen LogP) is -0.000000000000000278. The molecule has 0 unspecified atom stereocenters. The average molecular weight is 330 g/mol. The Bertz CT molecular complexity index is 660. The maximum atomic E-state index is 9.93. The summed E-state index contributed by atoms with van der Waals surface area (Å²) >= 11 is 5.87. The molecule has 7 nitrogen and oxygen atoms in total. The van der Waals surface area contributed by atoms with Gasteiger partial charge in [-0.15, -0.1) is 0 Å². The van der Waals surface area contributed by atoms with Crippen LogP contribution < -0.4 is 4.74 Å². The Morgan fingerprint density at radius 1 is 1.14 bits per heavy atom. The van der Waals surface area contributed by atoms with E-state index in [0.29, 0.717) is 10.9 Å². The molecule has 5 atom stereocenters. The third kappa shape index (κ3) is 2.79. The van der Waals surface area contributed by atoms with Crippen molar-refractivity contribution in [2.45, 2.75) is 30.7 Å². The lowest BCUT2D eigenvalue weighted by molar-refractivity contribution is -0.277. The van der Waals surface area contributed by atoms with Crippen molar-refractivity contribution in [3.63, 3.8) is 0 Å². The minimum atomic E-state index is -1.47. The van der Waals surface area contributed by atoms with E-state index < -0.39 is 37.3 Å². The highest BCUT2D eigenvalue weighted by atomic mass is 35.5. The number of aromatic nitrogens is 1. The molecule has 2 heterocycles. The highest BCUT2D eigenvalue weighted by Crippen LogP contribution is 2.27. The quantitative estimate of drug-likeness (QED) is 0.541. The fraction of sp³-hybridized carbons (Fsp3) is 0.429. The summed E-state index contributed by atoms with van der Waals surface area (Å²) in [6, 6.07) is 6.81. The molecule has 0 aliphatic carbocycles. The van der Waals surface area contributed by atoms with Crippen molar-refractivity contribution in [2.24, 2.45) is 0 Å². The molecular weight excluding hydrogens is 314 g/mol. The van der Waals surface area contributed by atoms with E-state index in [0.717, 1.165) is 10.9 Å². The molecule has 2 aromatic rings. The zero-order valence-electron chi connectivity index (χ0n) is 11.4. The molecule has 3 rings (SSSR count). The Balaban J connectivity index is 1.80. The van der Waals surface area contributed by atoms with Crippen LogP contribution in [-0.4, -0.2) is 62.7 Å². The minimum absolute atomic E-state index is 0.396. The second kappa shape index (κ2) is 6.04. The van der Waals surface area contributed by atoms with Gasteiger partial charge in [-0.25, -0.2) is 0 Å². The summed E-state index contributed by atoms with van der Waals surface area (Å²) < 4.78 is 10.8. The number of halogens is 1. The number of H-pyrrole nitrogens is 1. The van der Waals surface area contributed by atoms with Gasteiger partial charge < -0.3 is 34.9 Å². The zero-order valence-corrected chi connectivity index (χ0v) is 12.1. The summed E-state index contributed by atoms with van der Waals surface area (Å²) in [5, 5.41) is 39.8. The standard InChI is InChI=1S/C14H16ClNO6/c15-10-4-6-3-7(1-2-8(6)16-10)21-14-13(20)12(19)11(18)9(5-17)22-14/h1-4,9,11-14,16-20H,5H2/t9-,11+,12+,13-,14-/m1/s1. The lowest BCUT2D eigenvalue weighted by Crippen LogP contribution is -2.60. The zero-order chi connectivity index (χ0) is 15.9. The van der Waals surface area contributed by atoms with Crippen LogP contribution in [0, 0.1) is 0 Å². The Morgan fingerprint density at radius 3 is 2.64 bits per heavy atom. The second-order valence-corrected chi connectivity index (χ2v) is 5.59. The molecule has 5 N–H and O–H groups in total. The molecule has 1 fully saturated rings. The molecule has 1 aliphatic rings. The van der Waals surface area contributed by atoms with Gasteiger partial charge in [-0.05, 0) is 24.3 Å². The highest BCUT2D eigenvalue weighted by molar-refractivity contribution is 6.30. The summed E-state index contributed by atoms with van der Waals surface area (Å²) in [4.78, 5) is 2.95. The number of aliphatic hydroxyl groups is 4. The van der Waals surface area contributed by atoms with E-state index in [1.54, 1.807) is 24.3 Å². The van der Waals surface area contributed by atoms with Gasteiger partial charge in [-0.2, -0.15) is 0 Å². The lowest BCUT2D eigenvalue weighted by atomic mass is 9.99. The molecule has 1 aromatic heterocycles. The number of nitrogens with one attached hydrogen (secondary N) is 1. The van der Waals surface area contributed by atoms with Gasteiger partial charge in [0.15, 0.2) is 0 Å². The molecule has 1 saturated heterocycles. The van der Waals surface area contributed by atoms with E-state index in [2.05, 4.69) is 4.98 Å². The van der Waals surface area contributed by atoms with E-state index in [1.807, 2.05) is 0 Å². The van der Waals surface area contributed by atoms with E-state index >= 15 is 0 Å². The summed E-state index contributed by atoms with van der Waals surface area (Å²) in [7, 11) is 0. The first-order valence-corrected chi connectivity index (χ1v) is 7.13. The van der Waals surface area contributed by atoms with Crippen molar-refractivity contribution in [1.29, 1.82) is 0 Å². The van der Waals surface area contributed by atoms with Crippen molar-refractivity contribution in [2.75, 3.05) is 6.61 Å². The first kappa shape index (κ1) is 15.5. The molecular formula is C14H16ClNO6. The lowest BCUT2D eigenvalue weighted by Gasteiger charge is -2.39. The fourth-order valence-corrected chi connectivity index (χ4v) is 2.67. The Hall–Kier alpha value is -1.35. The average Bonchev–Trinajstić information content (AvgIpc) is 2.87. The van der Waals surface area contributed by atoms with Gasteiger partial charge in [0, 0.05) is 10.9 Å². The third-order valence-corrected chi connectivity index (χ3v) is 3.86. The van der Waals surface area contributed by atoms with Crippen LogP contribution in [0.3, 0.4) is 0 Å². The van der Waals surface area contributed by atoms with Crippen LogP contribution >= 0.6 is 11.6 Å². The molecule has 0 amide bonds. The van der Waals surface area contributed by atoms with Crippen LogP contribution in [0.5, 0.6) is 5.75 Å². The Kier molecular flexibility index (Phi) is 4.26.